The monoisotopic (exact) mass is 337 g/mol. The standard InChI is InChI=1S/C15H19N3O2S2/c1-9(2)13(19)16-6-7-17-14(20)12-10(3)18-15(22-12)11-5-4-8-21-11/h4-5,8-9H,6-7H2,1-3H3,(H,16,19)(H,17,20). The normalized spacial score (nSPS) is 10.7. The molecule has 22 heavy (non-hydrogen) atoms. The first-order valence-electron chi connectivity index (χ1n) is 7.06. The third-order valence-corrected chi connectivity index (χ3v) is 5.16. The molecule has 2 amide bonds. The average Bonchev–Trinajstić information content (AvgIpc) is 3.11. The van der Waals surface area contributed by atoms with Gasteiger partial charge in [-0.3, -0.25) is 9.59 Å². The van der Waals surface area contributed by atoms with Gasteiger partial charge in [0.2, 0.25) is 5.91 Å². The van der Waals surface area contributed by atoms with Gasteiger partial charge in [0.25, 0.3) is 5.91 Å². The Morgan fingerprint density at radius 2 is 2.00 bits per heavy atom. The van der Waals surface area contributed by atoms with Crippen LogP contribution in [0, 0.1) is 12.8 Å². The van der Waals surface area contributed by atoms with Crippen LogP contribution in [0.1, 0.15) is 29.2 Å². The van der Waals surface area contributed by atoms with Crippen LogP contribution in [-0.2, 0) is 4.79 Å². The highest BCUT2D eigenvalue weighted by molar-refractivity contribution is 7.22. The fourth-order valence-corrected chi connectivity index (χ4v) is 3.54. The quantitative estimate of drug-likeness (QED) is 0.796. The minimum Gasteiger partial charge on any atom is -0.354 e. The number of hydrogen-bond donors (Lipinski definition) is 2. The van der Waals surface area contributed by atoms with Gasteiger partial charge < -0.3 is 10.6 Å². The zero-order chi connectivity index (χ0) is 16.1. The molecule has 7 heteroatoms. The lowest BCUT2D eigenvalue weighted by Crippen LogP contribution is -2.36. The van der Waals surface area contributed by atoms with Crippen LogP contribution >= 0.6 is 22.7 Å². The van der Waals surface area contributed by atoms with E-state index in [1.165, 1.54) is 11.3 Å². The van der Waals surface area contributed by atoms with Gasteiger partial charge in [0, 0.05) is 19.0 Å². The highest BCUT2D eigenvalue weighted by Gasteiger charge is 2.16. The molecule has 0 aliphatic carbocycles. The number of nitrogens with one attached hydrogen (secondary N) is 2. The number of thiazole rings is 1. The van der Waals surface area contributed by atoms with Crippen LogP contribution in [0.3, 0.4) is 0 Å². The zero-order valence-corrected chi connectivity index (χ0v) is 14.4. The summed E-state index contributed by atoms with van der Waals surface area (Å²) in [6.45, 7) is 6.34. The van der Waals surface area contributed by atoms with Crippen LogP contribution in [0.4, 0.5) is 0 Å². The lowest BCUT2D eigenvalue weighted by atomic mass is 10.2. The van der Waals surface area contributed by atoms with Gasteiger partial charge in [-0.15, -0.1) is 22.7 Å². The van der Waals surface area contributed by atoms with Crippen LogP contribution in [0.25, 0.3) is 9.88 Å². The summed E-state index contributed by atoms with van der Waals surface area (Å²) in [7, 11) is 0. The molecule has 5 nitrogen and oxygen atoms in total. The molecule has 0 aliphatic rings. The van der Waals surface area contributed by atoms with Crippen molar-refractivity contribution in [3.05, 3.63) is 28.1 Å². The van der Waals surface area contributed by atoms with E-state index in [4.69, 9.17) is 0 Å². The second-order valence-electron chi connectivity index (χ2n) is 5.11. The third kappa shape index (κ3) is 4.14. The topological polar surface area (TPSA) is 71.1 Å². The van der Waals surface area contributed by atoms with Gasteiger partial charge >= 0.3 is 0 Å². The summed E-state index contributed by atoms with van der Waals surface area (Å²) in [5, 5.41) is 8.44. The molecule has 0 bridgehead atoms. The summed E-state index contributed by atoms with van der Waals surface area (Å²) in [4.78, 5) is 29.7. The van der Waals surface area contributed by atoms with E-state index in [2.05, 4.69) is 15.6 Å². The molecule has 118 valence electrons. The summed E-state index contributed by atoms with van der Waals surface area (Å²) in [5.74, 6) is -0.201. The van der Waals surface area contributed by atoms with E-state index in [0.29, 0.717) is 18.0 Å². The van der Waals surface area contributed by atoms with Crippen LogP contribution in [0.15, 0.2) is 17.5 Å². The predicted octanol–water partition coefficient (Wildman–Crippen LogP) is 2.68. The van der Waals surface area contributed by atoms with Crippen molar-refractivity contribution < 1.29 is 9.59 Å². The lowest BCUT2D eigenvalue weighted by molar-refractivity contribution is -0.123. The number of rotatable bonds is 6. The van der Waals surface area contributed by atoms with Crippen LogP contribution in [0.2, 0.25) is 0 Å². The van der Waals surface area contributed by atoms with E-state index in [1.807, 2.05) is 38.3 Å². The number of amides is 2. The Labute approximate surface area is 137 Å². The van der Waals surface area contributed by atoms with Gasteiger partial charge in [0.15, 0.2) is 0 Å². The minimum atomic E-state index is -0.142. The highest BCUT2D eigenvalue weighted by Crippen LogP contribution is 2.30. The molecule has 0 saturated carbocycles. The molecule has 2 aromatic heterocycles. The molecular weight excluding hydrogens is 318 g/mol. The van der Waals surface area contributed by atoms with E-state index in [1.54, 1.807) is 11.3 Å². The summed E-state index contributed by atoms with van der Waals surface area (Å²) in [6, 6.07) is 3.96. The maximum atomic E-state index is 12.2. The van der Waals surface area contributed by atoms with Crippen molar-refractivity contribution >= 4 is 34.5 Å². The molecule has 0 aliphatic heterocycles. The molecule has 2 aromatic rings. The third-order valence-electron chi connectivity index (χ3n) is 2.97. The van der Waals surface area contributed by atoms with Crippen molar-refractivity contribution in [1.82, 2.24) is 15.6 Å². The molecule has 0 radical (unpaired) electrons. The summed E-state index contributed by atoms with van der Waals surface area (Å²) in [6.07, 6.45) is 0. The molecule has 0 unspecified atom stereocenters. The van der Waals surface area contributed by atoms with Crippen molar-refractivity contribution in [2.75, 3.05) is 13.1 Å². The van der Waals surface area contributed by atoms with E-state index in [-0.39, 0.29) is 17.7 Å². The molecule has 0 fully saturated rings. The fourth-order valence-electron chi connectivity index (χ4n) is 1.76. The number of thiophene rings is 1. The number of nitrogens with zero attached hydrogens (tertiary/aromatic N) is 1. The molecular formula is C15H19N3O2S2. The first-order valence-corrected chi connectivity index (χ1v) is 8.76. The summed E-state index contributed by atoms with van der Waals surface area (Å²) < 4.78 is 0. The largest absolute Gasteiger partial charge is 0.354 e. The van der Waals surface area contributed by atoms with Gasteiger partial charge in [0.1, 0.15) is 9.88 Å². The van der Waals surface area contributed by atoms with Gasteiger partial charge in [-0.2, -0.15) is 0 Å². The number of carbonyl (C=O) groups excluding carboxylic acids is 2. The Bertz CT molecular complexity index is 648. The van der Waals surface area contributed by atoms with Gasteiger partial charge in [-0.25, -0.2) is 4.98 Å². The number of carbonyl (C=O) groups is 2. The van der Waals surface area contributed by atoms with E-state index in [9.17, 15) is 9.59 Å². The maximum absolute atomic E-state index is 12.2. The van der Waals surface area contributed by atoms with E-state index < -0.39 is 0 Å². The molecule has 2 heterocycles. The number of aromatic nitrogens is 1. The number of aryl methyl sites for hydroxylation is 1. The molecule has 0 aromatic carbocycles. The van der Waals surface area contributed by atoms with Crippen molar-refractivity contribution in [3.63, 3.8) is 0 Å². The first kappa shape index (κ1) is 16.6. The van der Waals surface area contributed by atoms with Gasteiger partial charge in [0.05, 0.1) is 10.6 Å². The van der Waals surface area contributed by atoms with Crippen LogP contribution < -0.4 is 10.6 Å². The molecule has 0 saturated heterocycles. The van der Waals surface area contributed by atoms with Gasteiger partial charge in [-0.1, -0.05) is 19.9 Å². The van der Waals surface area contributed by atoms with Crippen LogP contribution in [0.5, 0.6) is 0 Å². The van der Waals surface area contributed by atoms with E-state index in [0.717, 1.165) is 15.6 Å². The minimum absolute atomic E-state index is 0.0109. The molecule has 0 atom stereocenters. The van der Waals surface area contributed by atoms with Crippen molar-refractivity contribution in [2.24, 2.45) is 5.92 Å². The highest BCUT2D eigenvalue weighted by atomic mass is 32.1. The molecule has 2 rings (SSSR count). The smallest absolute Gasteiger partial charge is 0.263 e. The summed E-state index contributed by atoms with van der Waals surface area (Å²) in [5.41, 5.74) is 0.733. The molecule has 2 N–H and O–H groups in total. The average molecular weight is 337 g/mol. The summed E-state index contributed by atoms with van der Waals surface area (Å²) >= 11 is 3.00. The van der Waals surface area contributed by atoms with Gasteiger partial charge in [-0.05, 0) is 18.4 Å². The second kappa shape index (κ2) is 7.51. The predicted molar refractivity (Wildman–Crippen MR) is 90.3 cm³/mol. The van der Waals surface area contributed by atoms with Crippen LogP contribution in [-0.4, -0.2) is 29.9 Å². The first-order chi connectivity index (χ1) is 10.5. The Hall–Kier alpha value is -1.73. The number of hydrogen-bond acceptors (Lipinski definition) is 5. The Morgan fingerprint density at radius 1 is 1.27 bits per heavy atom. The van der Waals surface area contributed by atoms with Crippen molar-refractivity contribution in [3.8, 4) is 9.88 Å². The lowest BCUT2D eigenvalue weighted by Gasteiger charge is -2.08. The van der Waals surface area contributed by atoms with Crippen molar-refractivity contribution in [2.45, 2.75) is 20.8 Å². The molecule has 0 spiro atoms. The fraction of sp³-hybridized carbons (Fsp3) is 0.400. The Balaban J connectivity index is 1.89. The Morgan fingerprint density at radius 3 is 2.64 bits per heavy atom. The zero-order valence-electron chi connectivity index (χ0n) is 12.8. The van der Waals surface area contributed by atoms with Crippen molar-refractivity contribution in [1.29, 1.82) is 0 Å². The second-order valence-corrected chi connectivity index (χ2v) is 7.06. The maximum Gasteiger partial charge on any atom is 0.263 e. The SMILES string of the molecule is Cc1nc(-c2cccs2)sc1C(=O)NCCNC(=O)C(C)C. The Kier molecular flexibility index (Phi) is 5.68. The van der Waals surface area contributed by atoms with E-state index >= 15 is 0 Å².